The van der Waals surface area contributed by atoms with Gasteiger partial charge in [0.1, 0.15) is 5.56 Å². The van der Waals surface area contributed by atoms with E-state index in [2.05, 4.69) is 5.43 Å². The molecule has 1 unspecified atom stereocenters. The standard InChI is InChI=1S/C13H20N4O3/c1-4-5-9(2)16(3)13(18)11-8-10(15-14)6-7-12(11)17(19)20/h6-9,15H,4-5,14H2,1-3H3. The van der Waals surface area contributed by atoms with Gasteiger partial charge in [0.15, 0.2) is 0 Å². The summed E-state index contributed by atoms with van der Waals surface area (Å²) in [5, 5.41) is 11.0. The first-order valence-electron chi connectivity index (χ1n) is 6.44. The van der Waals surface area contributed by atoms with Crippen LogP contribution in [0.25, 0.3) is 0 Å². The summed E-state index contributed by atoms with van der Waals surface area (Å²) in [7, 11) is 1.65. The number of hydrogen-bond donors (Lipinski definition) is 2. The first-order chi connectivity index (χ1) is 9.42. The minimum atomic E-state index is -0.564. The van der Waals surface area contributed by atoms with Crippen molar-refractivity contribution in [3.8, 4) is 0 Å². The second-order valence-electron chi connectivity index (χ2n) is 4.69. The Morgan fingerprint density at radius 2 is 2.20 bits per heavy atom. The molecule has 1 aromatic carbocycles. The third-order valence-electron chi connectivity index (χ3n) is 3.28. The van der Waals surface area contributed by atoms with E-state index >= 15 is 0 Å². The van der Waals surface area contributed by atoms with Crippen molar-refractivity contribution in [2.24, 2.45) is 5.84 Å². The fraction of sp³-hybridized carbons (Fsp3) is 0.462. The number of carbonyl (C=O) groups excluding carboxylic acids is 1. The Balaban J connectivity index is 3.15. The molecule has 0 aromatic heterocycles. The zero-order valence-electron chi connectivity index (χ0n) is 11.9. The van der Waals surface area contributed by atoms with E-state index in [0.717, 1.165) is 12.8 Å². The molecule has 20 heavy (non-hydrogen) atoms. The van der Waals surface area contributed by atoms with Crippen LogP contribution in [-0.4, -0.2) is 28.8 Å². The lowest BCUT2D eigenvalue weighted by Gasteiger charge is -2.24. The number of nitro benzene ring substituents is 1. The average molecular weight is 280 g/mol. The van der Waals surface area contributed by atoms with Gasteiger partial charge in [-0.2, -0.15) is 0 Å². The molecule has 0 fully saturated rings. The fourth-order valence-electron chi connectivity index (χ4n) is 1.96. The van der Waals surface area contributed by atoms with Crippen LogP contribution in [0.15, 0.2) is 18.2 Å². The third kappa shape index (κ3) is 3.45. The summed E-state index contributed by atoms with van der Waals surface area (Å²) in [5.41, 5.74) is 2.66. The molecule has 0 aliphatic heterocycles. The van der Waals surface area contributed by atoms with Gasteiger partial charge < -0.3 is 10.3 Å². The summed E-state index contributed by atoms with van der Waals surface area (Å²) in [6, 6.07) is 4.16. The highest BCUT2D eigenvalue weighted by Gasteiger charge is 2.25. The maximum absolute atomic E-state index is 12.4. The molecular weight excluding hydrogens is 260 g/mol. The third-order valence-corrected chi connectivity index (χ3v) is 3.28. The minimum Gasteiger partial charge on any atom is -0.339 e. The molecule has 110 valence electrons. The predicted molar refractivity (Wildman–Crippen MR) is 77.4 cm³/mol. The number of hydrazine groups is 1. The predicted octanol–water partition coefficient (Wildman–Crippen LogP) is 2.14. The van der Waals surface area contributed by atoms with E-state index in [9.17, 15) is 14.9 Å². The highest BCUT2D eigenvalue weighted by molar-refractivity contribution is 5.99. The Hall–Kier alpha value is -2.15. The normalized spacial score (nSPS) is 11.8. The highest BCUT2D eigenvalue weighted by atomic mass is 16.6. The van der Waals surface area contributed by atoms with Crippen LogP contribution in [0.4, 0.5) is 11.4 Å². The number of hydrogen-bond acceptors (Lipinski definition) is 5. The molecule has 0 heterocycles. The SMILES string of the molecule is CCCC(C)N(C)C(=O)c1cc(NN)ccc1[N+](=O)[O-]. The van der Waals surface area contributed by atoms with E-state index in [1.54, 1.807) is 7.05 Å². The van der Waals surface area contributed by atoms with Crippen molar-refractivity contribution in [1.82, 2.24) is 4.90 Å². The molecule has 1 rings (SSSR count). The molecule has 3 N–H and O–H groups in total. The first-order valence-corrected chi connectivity index (χ1v) is 6.44. The number of anilines is 1. The zero-order chi connectivity index (χ0) is 15.3. The van der Waals surface area contributed by atoms with Crippen LogP contribution in [0.3, 0.4) is 0 Å². The molecule has 0 bridgehead atoms. The van der Waals surface area contributed by atoms with Crippen LogP contribution >= 0.6 is 0 Å². The highest BCUT2D eigenvalue weighted by Crippen LogP contribution is 2.24. The van der Waals surface area contributed by atoms with Crippen LogP contribution in [0.5, 0.6) is 0 Å². The molecule has 0 aliphatic rings. The molecule has 7 nitrogen and oxygen atoms in total. The van der Waals surface area contributed by atoms with Crippen molar-refractivity contribution in [1.29, 1.82) is 0 Å². The van der Waals surface area contributed by atoms with Gasteiger partial charge in [-0.15, -0.1) is 0 Å². The van der Waals surface area contributed by atoms with Gasteiger partial charge in [0.25, 0.3) is 11.6 Å². The molecule has 1 amide bonds. The first kappa shape index (κ1) is 15.9. The van der Waals surface area contributed by atoms with Crippen molar-refractivity contribution in [2.75, 3.05) is 12.5 Å². The average Bonchev–Trinajstić information content (AvgIpc) is 2.45. The summed E-state index contributed by atoms with van der Waals surface area (Å²) in [5.74, 6) is 4.90. The van der Waals surface area contributed by atoms with E-state index in [4.69, 9.17) is 5.84 Å². The molecule has 0 saturated carbocycles. The number of nitro groups is 1. The van der Waals surface area contributed by atoms with Gasteiger partial charge in [0.05, 0.1) is 4.92 Å². The van der Waals surface area contributed by atoms with Crippen molar-refractivity contribution in [3.05, 3.63) is 33.9 Å². The van der Waals surface area contributed by atoms with E-state index in [-0.39, 0.29) is 23.2 Å². The molecule has 1 aromatic rings. The number of nitrogens with zero attached hydrogens (tertiary/aromatic N) is 2. The monoisotopic (exact) mass is 280 g/mol. The van der Waals surface area contributed by atoms with Gasteiger partial charge >= 0.3 is 0 Å². The van der Waals surface area contributed by atoms with Crippen molar-refractivity contribution in [2.45, 2.75) is 32.7 Å². The Bertz CT molecular complexity index is 504. The van der Waals surface area contributed by atoms with Crippen LogP contribution < -0.4 is 11.3 Å². The Labute approximate surface area is 117 Å². The van der Waals surface area contributed by atoms with Crippen molar-refractivity contribution < 1.29 is 9.72 Å². The maximum Gasteiger partial charge on any atom is 0.282 e. The van der Waals surface area contributed by atoms with Crippen LogP contribution in [0.1, 0.15) is 37.0 Å². The number of benzene rings is 1. The molecule has 0 aliphatic carbocycles. The molecule has 7 heteroatoms. The quantitative estimate of drug-likeness (QED) is 0.472. The molecule has 1 atom stereocenters. The number of nitrogen functional groups attached to an aromatic ring is 1. The van der Waals surface area contributed by atoms with Gasteiger partial charge in [-0.25, -0.2) is 0 Å². The summed E-state index contributed by atoms with van der Waals surface area (Å²) in [6.07, 6.45) is 1.77. The number of amides is 1. The fourth-order valence-corrected chi connectivity index (χ4v) is 1.96. The van der Waals surface area contributed by atoms with E-state index in [1.165, 1.54) is 23.1 Å². The number of nitrogens with two attached hydrogens (primary N) is 1. The lowest BCUT2D eigenvalue weighted by Crippen LogP contribution is -2.35. The zero-order valence-corrected chi connectivity index (χ0v) is 11.9. The van der Waals surface area contributed by atoms with Crippen LogP contribution in [0, 0.1) is 10.1 Å². The van der Waals surface area contributed by atoms with Gasteiger partial charge in [0.2, 0.25) is 0 Å². The second-order valence-corrected chi connectivity index (χ2v) is 4.69. The van der Waals surface area contributed by atoms with Crippen molar-refractivity contribution in [3.63, 3.8) is 0 Å². The van der Waals surface area contributed by atoms with Gasteiger partial charge in [-0.3, -0.25) is 20.8 Å². The Kier molecular flexibility index (Phi) is 5.45. The largest absolute Gasteiger partial charge is 0.339 e. The van der Waals surface area contributed by atoms with Gasteiger partial charge in [-0.05, 0) is 25.5 Å². The summed E-state index contributed by atoms with van der Waals surface area (Å²) in [6.45, 7) is 3.94. The Morgan fingerprint density at radius 1 is 1.55 bits per heavy atom. The lowest BCUT2D eigenvalue weighted by atomic mass is 10.1. The van der Waals surface area contributed by atoms with Crippen molar-refractivity contribution >= 4 is 17.3 Å². The number of nitrogens with one attached hydrogen (secondary N) is 1. The van der Waals surface area contributed by atoms with Gasteiger partial charge in [-0.1, -0.05) is 13.3 Å². The second kappa shape index (κ2) is 6.85. The maximum atomic E-state index is 12.4. The minimum absolute atomic E-state index is 0.0154. The molecule has 0 radical (unpaired) electrons. The van der Waals surface area contributed by atoms with Crippen LogP contribution in [0.2, 0.25) is 0 Å². The van der Waals surface area contributed by atoms with E-state index < -0.39 is 4.92 Å². The number of rotatable bonds is 6. The van der Waals surface area contributed by atoms with E-state index in [0.29, 0.717) is 5.69 Å². The molecule has 0 saturated heterocycles. The lowest BCUT2D eigenvalue weighted by molar-refractivity contribution is -0.385. The summed E-state index contributed by atoms with van der Waals surface area (Å²) in [4.78, 5) is 24.4. The van der Waals surface area contributed by atoms with Gasteiger partial charge in [0, 0.05) is 24.8 Å². The Morgan fingerprint density at radius 3 is 2.70 bits per heavy atom. The van der Waals surface area contributed by atoms with Crippen LogP contribution in [-0.2, 0) is 0 Å². The molecule has 0 spiro atoms. The molecular formula is C13H20N4O3. The smallest absolute Gasteiger partial charge is 0.282 e. The van der Waals surface area contributed by atoms with E-state index in [1.807, 2.05) is 13.8 Å². The summed E-state index contributed by atoms with van der Waals surface area (Å²) < 4.78 is 0. The number of carbonyl (C=O) groups is 1. The summed E-state index contributed by atoms with van der Waals surface area (Å²) >= 11 is 0. The topological polar surface area (TPSA) is 102 Å².